The van der Waals surface area contributed by atoms with E-state index >= 15 is 0 Å². The highest BCUT2D eigenvalue weighted by Gasteiger charge is 2.15. The van der Waals surface area contributed by atoms with Gasteiger partial charge in [0.25, 0.3) is 5.91 Å². The minimum absolute atomic E-state index is 0.218. The van der Waals surface area contributed by atoms with E-state index in [-0.39, 0.29) is 5.91 Å². The third kappa shape index (κ3) is 4.36. The predicted octanol–water partition coefficient (Wildman–Crippen LogP) is 7.79. The van der Waals surface area contributed by atoms with Crippen molar-refractivity contribution in [1.82, 2.24) is 4.98 Å². The van der Waals surface area contributed by atoms with Crippen LogP contribution < -0.4 is 5.32 Å². The normalized spacial score (nSPS) is 10.9. The van der Waals surface area contributed by atoms with E-state index in [1.807, 2.05) is 48.5 Å². The fourth-order valence-corrected chi connectivity index (χ4v) is 3.77. The highest BCUT2D eigenvalue weighted by atomic mass is 79.9. The summed E-state index contributed by atoms with van der Waals surface area (Å²) in [5, 5.41) is 4.94. The first-order chi connectivity index (χ1) is 14.4. The summed E-state index contributed by atoms with van der Waals surface area (Å²) in [5.74, 6) is -0.218. The number of hydrogen-bond acceptors (Lipinski definition) is 2. The summed E-state index contributed by atoms with van der Waals surface area (Å²) in [4.78, 5) is 18.0. The van der Waals surface area contributed by atoms with Crippen LogP contribution in [0.15, 0.2) is 71.2 Å². The van der Waals surface area contributed by atoms with Crippen molar-refractivity contribution >= 4 is 61.6 Å². The number of aryl methyl sites for hydroxylation is 1. The molecule has 30 heavy (non-hydrogen) atoms. The van der Waals surface area contributed by atoms with Crippen LogP contribution in [0.3, 0.4) is 0 Å². The Morgan fingerprint density at radius 3 is 2.47 bits per heavy atom. The zero-order valence-corrected chi connectivity index (χ0v) is 19.1. The van der Waals surface area contributed by atoms with E-state index in [0.717, 1.165) is 32.9 Å². The molecule has 3 nitrogen and oxygen atoms in total. The number of hydrogen-bond donors (Lipinski definition) is 1. The Labute approximate surface area is 193 Å². The zero-order chi connectivity index (χ0) is 21.3. The topological polar surface area (TPSA) is 42.0 Å². The summed E-state index contributed by atoms with van der Waals surface area (Å²) >= 11 is 15.6. The molecule has 0 saturated heterocycles. The number of rotatable bonds is 4. The Kier molecular flexibility index (Phi) is 6.09. The molecule has 1 heterocycles. The second-order valence-electron chi connectivity index (χ2n) is 6.85. The SMILES string of the molecule is CCc1ccc2nc(-c3ccc(Cl)cc3)cc(C(=O)Nc3ccc(Br)c(Cl)c3)c2c1. The molecule has 0 radical (unpaired) electrons. The Morgan fingerprint density at radius 1 is 1.00 bits per heavy atom. The molecule has 0 spiro atoms. The Bertz CT molecular complexity index is 1260. The second kappa shape index (κ2) is 8.76. The average molecular weight is 500 g/mol. The molecule has 0 bridgehead atoms. The number of carbonyl (C=O) groups is 1. The maximum atomic E-state index is 13.2. The van der Waals surface area contributed by atoms with Gasteiger partial charge in [-0.25, -0.2) is 4.98 Å². The molecule has 4 aromatic rings. The first-order valence-corrected chi connectivity index (χ1v) is 11.0. The minimum Gasteiger partial charge on any atom is -0.322 e. The second-order valence-corrected chi connectivity index (χ2v) is 8.55. The van der Waals surface area contributed by atoms with Gasteiger partial charge in [0.2, 0.25) is 0 Å². The van der Waals surface area contributed by atoms with Gasteiger partial charge in [-0.2, -0.15) is 0 Å². The number of nitrogens with one attached hydrogen (secondary N) is 1. The molecule has 0 aliphatic carbocycles. The summed E-state index contributed by atoms with van der Waals surface area (Å²) < 4.78 is 0.772. The van der Waals surface area contributed by atoms with Gasteiger partial charge >= 0.3 is 0 Å². The average Bonchev–Trinajstić information content (AvgIpc) is 2.75. The van der Waals surface area contributed by atoms with Crippen molar-refractivity contribution in [3.63, 3.8) is 0 Å². The number of aromatic nitrogens is 1. The van der Waals surface area contributed by atoms with Gasteiger partial charge in [-0.1, -0.05) is 48.3 Å². The smallest absolute Gasteiger partial charge is 0.256 e. The van der Waals surface area contributed by atoms with Crippen LogP contribution in [-0.2, 0) is 6.42 Å². The van der Waals surface area contributed by atoms with Crippen molar-refractivity contribution < 1.29 is 4.79 Å². The lowest BCUT2D eigenvalue weighted by Gasteiger charge is -2.12. The highest BCUT2D eigenvalue weighted by Crippen LogP contribution is 2.29. The lowest BCUT2D eigenvalue weighted by molar-refractivity contribution is 0.102. The Morgan fingerprint density at radius 2 is 1.77 bits per heavy atom. The highest BCUT2D eigenvalue weighted by molar-refractivity contribution is 9.10. The number of nitrogens with zero attached hydrogens (tertiary/aromatic N) is 1. The number of halogens is 3. The molecule has 1 amide bonds. The van der Waals surface area contributed by atoms with E-state index in [0.29, 0.717) is 27.0 Å². The third-order valence-electron chi connectivity index (χ3n) is 4.84. The molecule has 6 heteroatoms. The van der Waals surface area contributed by atoms with Gasteiger partial charge < -0.3 is 5.32 Å². The first kappa shape index (κ1) is 20.9. The lowest BCUT2D eigenvalue weighted by Crippen LogP contribution is -2.13. The van der Waals surface area contributed by atoms with Gasteiger partial charge in [0.05, 0.1) is 21.8 Å². The quantitative estimate of drug-likeness (QED) is 0.311. The van der Waals surface area contributed by atoms with Gasteiger partial charge in [0, 0.05) is 26.1 Å². The lowest BCUT2D eigenvalue weighted by atomic mass is 10.0. The van der Waals surface area contributed by atoms with Crippen LogP contribution in [0.1, 0.15) is 22.8 Å². The van der Waals surface area contributed by atoms with Crippen LogP contribution in [0, 0.1) is 0 Å². The number of benzene rings is 3. The first-order valence-electron chi connectivity index (χ1n) is 9.40. The standard InChI is InChI=1S/C24H17BrCl2N2O/c1-2-14-3-10-22-18(11-14)19(13-23(29-22)15-4-6-16(26)7-5-15)24(30)28-17-8-9-20(25)21(27)12-17/h3-13H,2H2,1H3,(H,28,30). The summed E-state index contributed by atoms with van der Waals surface area (Å²) in [6.45, 7) is 2.08. The number of fused-ring (bicyclic) bond motifs is 1. The van der Waals surface area contributed by atoms with Gasteiger partial charge in [-0.05, 0) is 76.4 Å². The van der Waals surface area contributed by atoms with Crippen LogP contribution >= 0.6 is 39.1 Å². The molecule has 0 atom stereocenters. The summed E-state index contributed by atoms with van der Waals surface area (Å²) in [6, 6.07) is 20.6. The van der Waals surface area contributed by atoms with Crippen molar-refractivity contribution in [2.75, 3.05) is 5.32 Å². The van der Waals surface area contributed by atoms with Crippen LogP contribution in [0.5, 0.6) is 0 Å². The molecule has 150 valence electrons. The fraction of sp³-hybridized carbons (Fsp3) is 0.0833. The molecule has 0 unspecified atom stereocenters. The van der Waals surface area contributed by atoms with Gasteiger partial charge in [0.15, 0.2) is 0 Å². The molecule has 4 rings (SSSR count). The largest absolute Gasteiger partial charge is 0.322 e. The molecule has 0 saturated carbocycles. The van der Waals surface area contributed by atoms with E-state index in [2.05, 4.69) is 28.2 Å². The van der Waals surface area contributed by atoms with Gasteiger partial charge in [0.1, 0.15) is 0 Å². The number of pyridine rings is 1. The molecule has 0 fully saturated rings. The molecule has 0 aliphatic heterocycles. The van der Waals surface area contributed by atoms with Crippen molar-refractivity contribution in [2.24, 2.45) is 0 Å². The van der Waals surface area contributed by atoms with E-state index in [1.54, 1.807) is 18.2 Å². The minimum atomic E-state index is -0.218. The van der Waals surface area contributed by atoms with Crippen LogP contribution in [0.2, 0.25) is 10.0 Å². The summed E-state index contributed by atoms with van der Waals surface area (Å²) in [5.41, 5.74) is 4.68. The molecular weight excluding hydrogens is 483 g/mol. The zero-order valence-electron chi connectivity index (χ0n) is 16.0. The van der Waals surface area contributed by atoms with E-state index in [4.69, 9.17) is 28.2 Å². The van der Waals surface area contributed by atoms with Crippen molar-refractivity contribution in [3.8, 4) is 11.3 Å². The number of carbonyl (C=O) groups excluding carboxylic acids is 1. The molecule has 0 aliphatic rings. The molecule has 3 aromatic carbocycles. The summed E-state index contributed by atoms with van der Waals surface area (Å²) in [7, 11) is 0. The number of anilines is 1. The molecular formula is C24H17BrCl2N2O. The van der Waals surface area contributed by atoms with Crippen LogP contribution in [0.4, 0.5) is 5.69 Å². The molecule has 1 N–H and O–H groups in total. The van der Waals surface area contributed by atoms with Gasteiger partial charge in [-0.3, -0.25) is 4.79 Å². The monoisotopic (exact) mass is 498 g/mol. The van der Waals surface area contributed by atoms with Crippen molar-refractivity contribution in [1.29, 1.82) is 0 Å². The Balaban J connectivity index is 1.83. The van der Waals surface area contributed by atoms with E-state index in [9.17, 15) is 4.79 Å². The van der Waals surface area contributed by atoms with Crippen molar-refractivity contribution in [3.05, 3.63) is 92.4 Å². The predicted molar refractivity (Wildman–Crippen MR) is 129 cm³/mol. The van der Waals surface area contributed by atoms with Crippen molar-refractivity contribution in [2.45, 2.75) is 13.3 Å². The fourth-order valence-electron chi connectivity index (χ4n) is 3.22. The van der Waals surface area contributed by atoms with Crippen LogP contribution in [-0.4, -0.2) is 10.9 Å². The van der Waals surface area contributed by atoms with E-state index < -0.39 is 0 Å². The maximum Gasteiger partial charge on any atom is 0.256 e. The number of amides is 1. The summed E-state index contributed by atoms with van der Waals surface area (Å²) in [6.07, 6.45) is 0.873. The molecule has 1 aromatic heterocycles. The third-order valence-corrected chi connectivity index (χ3v) is 6.33. The Hall–Kier alpha value is -2.40. The van der Waals surface area contributed by atoms with E-state index in [1.165, 1.54) is 0 Å². The maximum absolute atomic E-state index is 13.2. The van der Waals surface area contributed by atoms with Crippen LogP contribution in [0.25, 0.3) is 22.2 Å². The van der Waals surface area contributed by atoms with Gasteiger partial charge in [-0.15, -0.1) is 0 Å².